The Morgan fingerprint density at radius 3 is 2.93 bits per heavy atom. The maximum Gasteiger partial charge on any atom is 0.171 e. The SMILES string of the molecule is Cc1ccc(COc2cccnc2Cl)o1. The Morgan fingerprint density at radius 2 is 2.27 bits per heavy atom. The molecule has 2 heterocycles. The zero-order valence-electron chi connectivity index (χ0n) is 8.24. The molecule has 2 aromatic heterocycles. The minimum absolute atomic E-state index is 0.360. The normalized spacial score (nSPS) is 10.3. The molecule has 2 aromatic rings. The molecule has 0 aliphatic rings. The lowest BCUT2D eigenvalue weighted by molar-refractivity contribution is 0.267. The maximum absolute atomic E-state index is 5.83. The van der Waals surface area contributed by atoms with Crippen molar-refractivity contribution in [2.75, 3.05) is 0 Å². The molecular formula is C11H10ClNO2. The lowest BCUT2D eigenvalue weighted by Gasteiger charge is -2.04. The van der Waals surface area contributed by atoms with E-state index < -0.39 is 0 Å². The van der Waals surface area contributed by atoms with Crippen LogP contribution in [0.4, 0.5) is 0 Å². The number of halogens is 1. The summed E-state index contributed by atoms with van der Waals surface area (Å²) in [5.41, 5.74) is 0. The summed E-state index contributed by atoms with van der Waals surface area (Å²) in [5.74, 6) is 2.20. The van der Waals surface area contributed by atoms with Gasteiger partial charge in [-0.2, -0.15) is 0 Å². The summed E-state index contributed by atoms with van der Waals surface area (Å²) in [6.45, 7) is 2.25. The number of pyridine rings is 1. The fraction of sp³-hybridized carbons (Fsp3) is 0.182. The zero-order chi connectivity index (χ0) is 10.7. The first-order valence-corrected chi connectivity index (χ1v) is 4.92. The lowest BCUT2D eigenvalue weighted by Crippen LogP contribution is -1.94. The van der Waals surface area contributed by atoms with Gasteiger partial charge in [0.25, 0.3) is 0 Å². The standard InChI is InChI=1S/C11H10ClNO2/c1-8-4-5-9(15-8)7-14-10-3-2-6-13-11(10)12/h2-6H,7H2,1H3. The molecule has 0 amide bonds. The summed E-state index contributed by atoms with van der Waals surface area (Å²) in [6, 6.07) is 7.31. The Labute approximate surface area is 92.6 Å². The van der Waals surface area contributed by atoms with Gasteiger partial charge in [0.2, 0.25) is 0 Å². The van der Waals surface area contributed by atoms with Crippen LogP contribution in [0.5, 0.6) is 5.75 Å². The summed E-state index contributed by atoms with van der Waals surface area (Å²) >= 11 is 5.83. The second-order valence-electron chi connectivity index (χ2n) is 3.09. The van der Waals surface area contributed by atoms with Crippen molar-refractivity contribution >= 4 is 11.6 Å². The Hall–Kier alpha value is -1.48. The fourth-order valence-electron chi connectivity index (χ4n) is 1.19. The number of rotatable bonds is 3. The summed E-state index contributed by atoms with van der Waals surface area (Å²) in [4.78, 5) is 3.91. The van der Waals surface area contributed by atoms with Gasteiger partial charge in [-0.05, 0) is 31.2 Å². The van der Waals surface area contributed by atoms with E-state index >= 15 is 0 Å². The first-order valence-electron chi connectivity index (χ1n) is 4.54. The van der Waals surface area contributed by atoms with E-state index in [1.165, 1.54) is 0 Å². The molecule has 0 bridgehead atoms. The predicted octanol–water partition coefficient (Wildman–Crippen LogP) is 3.22. The molecule has 4 heteroatoms. The molecule has 3 nitrogen and oxygen atoms in total. The van der Waals surface area contributed by atoms with Gasteiger partial charge < -0.3 is 9.15 Å². The van der Waals surface area contributed by atoms with Gasteiger partial charge in [-0.25, -0.2) is 4.98 Å². The summed E-state index contributed by atoms with van der Waals surface area (Å²) in [6.07, 6.45) is 1.62. The Morgan fingerprint density at radius 1 is 1.40 bits per heavy atom. The smallest absolute Gasteiger partial charge is 0.171 e. The van der Waals surface area contributed by atoms with Crippen molar-refractivity contribution in [3.63, 3.8) is 0 Å². The third kappa shape index (κ3) is 2.50. The molecule has 0 radical (unpaired) electrons. The summed E-state index contributed by atoms with van der Waals surface area (Å²) in [5, 5.41) is 0.362. The van der Waals surface area contributed by atoms with Crippen molar-refractivity contribution in [2.45, 2.75) is 13.5 Å². The van der Waals surface area contributed by atoms with Crippen molar-refractivity contribution in [2.24, 2.45) is 0 Å². The number of furan rings is 1. The highest BCUT2D eigenvalue weighted by atomic mass is 35.5. The molecular weight excluding hydrogens is 214 g/mol. The number of ether oxygens (including phenoxy) is 1. The summed E-state index contributed by atoms with van der Waals surface area (Å²) in [7, 11) is 0. The van der Waals surface area contributed by atoms with Crippen LogP contribution in [0.1, 0.15) is 11.5 Å². The van der Waals surface area contributed by atoms with Crippen molar-refractivity contribution in [3.8, 4) is 5.75 Å². The number of nitrogens with zero attached hydrogens (tertiary/aromatic N) is 1. The molecule has 0 N–H and O–H groups in total. The number of hydrogen-bond acceptors (Lipinski definition) is 3. The van der Waals surface area contributed by atoms with Crippen LogP contribution >= 0.6 is 11.6 Å². The van der Waals surface area contributed by atoms with Gasteiger partial charge in [0.05, 0.1) is 0 Å². The van der Waals surface area contributed by atoms with Crippen LogP contribution in [-0.4, -0.2) is 4.98 Å². The average Bonchev–Trinajstić information content (AvgIpc) is 2.63. The van der Waals surface area contributed by atoms with Crippen LogP contribution in [0.15, 0.2) is 34.9 Å². The Bertz CT molecular complexity index is 453. The van der Waals surface area contributed by atoms with Crippen LogP contribution in [-0.2, 0) is 6.61 Å². The number of aryl methyl sites for hydroxylation is 1. The molecule has 0 saturated carbocycles. The minimum atomic E-state index is 0.360. The first-order chi connectivity index (χ1) is 7.25. The number of hydrogen-bond donors (Lipinski definition) is 0. The second-order valence-corrected chi connectivity index (χ2v) is 3.45. The third-order valence-corrected chi connectivity index (χ3v) is 2.17. The van der Waals surface area contributed by atoms with E-state index in [2.05, 4.69) is 4.98 Å². The van der Waals surface area contributed by atoms with Gasteiger partial charge in [0.15, 0.2) is 10.9 Å². The largest absolute Gasteiger partial charge is 0.482 e. The zero-order valence-corrected chi connectivity index (χ0v) is 8.99. The van der Waals surface area contributed by atoms with E-state index in [9.17, 15) is 0 Å². The molecule has 78 valence electrons. The van der Waals surface area contributed by atoms with E-state index in [1.54, 1.807) is 18.3 Å². The first kappa shape index (κ1) is 10.1. The molecule has 15 heavy (non-hydrogen) atoms. The monoisotopic (exact) mass is 223 g/mol. The molecule has 0 aliphatic heterocycles. The molecule has 0 spiro atoms. The highest BCUT2D eigenvalue weighted by Gasteiger charge is 2.03. The van der Waals surface area contributed by atoms with Gasteiger partial charge >= 0.3 is 0 Å². The van der Waals surface area contributed by atoms with E-state index in [0.717, 1.165) is 11.5 Å². The molecule has 0 unspecified atom stereocenters. The van der Waals surface area contributed by atoms with Crippen molar-refractivity contribution in [1.29, 1.82) is 0 Å². The van der Waals surface area contributed by atoms with Gasteiger partial charge in [0, 0.05) is 6.20 Å². The Balaban J connectivity index is 2.02. The highest BCUT2D eigenvalue weighted by Crippen LogP contribution is 2.21. The highest BCUT2D eigenvalue weighted by molar-refractivity contribution is 6.30. The van der Waals surface area contributed by atoms with Crippen LogP contribution in [0.3, 0.4) is 0 Å². The van der Waals surface area contributed by atoms with E-state index in [-0.39, 0.29) is 0 Å². The van der Waals surface area contributed by atoms with E-state index in [0.29, 0.717) is 17.5 Å². The summed E-state index contributed by atoms with van der Waals surface area (Å²) < 4.78 is 10.8. The van der Waals surface area contributed by atoms with Crippen molar-refractivity contribution in [3.05, 3.63) is 47.1 Å². The average molecular weight is 224 g/mol. The minimum Gasteiger partial charge on any atom is -0.482 e. The van der Waals surface area contributed by atoms with Crippen LogP contribution in [0.2, 0.25) is 5.15 Å². The topological polar surface area (TPSA) is 35.3 Å². The molecule has 0 saturated heterocycles. The molecule has 0 fully saturated rings. The van der Waals surface area contributed by atoms with Gasteiger partial charge in [-0.15, -0.1) is 0 Å². The Kier molecular flexibility index (Phi) is 2.92. The van der Waals surface area contributed by atoms with Gasteiger partial charge in [0.1, 0.15) is 18.1 Å². The van der Waals surface area contributed by atoms with Crippen molar-refractivity contribution < 1.29 is 9.15 Å². The van der Waals surface area contributed by atoms with Crippen LogP contribution in [0.25, 0.3) is 0 Å². The second kappa shape index (κ2) is 4.36. The third-order valence-electron chi connectivity index (χ3n) is 1.89. The predicted molar refractivity (Wildman–Crippen MR) is 57.0 cm³/mol. The quantitative estimate of drug-likeness (QED) is 0.750. The molecule has 0 aliphatic carbocycles. The number of aromatic nitrogens is 1. The van der Waals surface area contributed by atoms with E-state index in [1.807, 2.05) is 19.1 Å². The van der Waals surface area contributed by atoms with Gasteiger partial charge in [-0.1, -0.05) is 11.6 Å². The van der Waals surface area contributed by atoms with Gasteiger partial charge in [-0.3, -0.25) is 0 Å². The molecule has 0 atom stereocenters. The van der Waals surface area contributed by atoms with Crippen molar-refractivity contribution in [1.82, 2.24) is 4.98 Å². The molecule has 0 aromatic carbocycles. The molecule has 2 rings (SSSR count). The fourth-order valence-corrected chi connectivity index (χ4v) is 1.36. The van der Waals surface area contributed by atoms with Crippen LogP contribution in [0, 0.1) is 6.92 Å². The van der Waals surface area contributed by atoms with E-state index in [4.69, 9.17) is 20.8 Å². The maximum atomic E-state index is 5.83. The lowest BCUT2D eigenvalue weighted by atomic mass is 10.4. The van der Waals surface area contributed by atoms with Crippen LogP contribution < -0.4 is 4.74 Å².